The molecule has 2 nitrogen and oxygen atoms in total. The molecule has 0 spiro atoms. The molecule has 2 heteroatoms. The average Bonchev–Trinajstić information content (AvgIpc) is 2.54. The lowest BCUT2D eigenvalue weighted by molar-refractivity contribution is -0.122. The van der Waals surface area contributed by atoms with Crippen LogP contribution in [-0.4, -0.2) is 12.5 Å². The maximum Gasteiger partial charge on any atom is 0.227 e. The van der Waals surface area contributed by atoms with Gasteiger partial charge in [0.1, 0.15) is 0 Å². The van der Waals surface area contributed by atoms with E-state index in [0.29, 0.717) is 11.8 Å². The van der Waals surface area contributed by atoms with Gasteiger partial charge in [0.25, 0.3) is 0 Å². The minimum atomic E-state index is -0.0771. The van der Waals surface area contributed by atoms with E-state index >= 15 is 0 Å². The second-order valence-electron chi connectivity index (χ2n) is 7.22. The third kappa shape index (κ3) is 7.20. The van der Waals surface area contributed by atoms with Crippen molar-refractivity contribution in [3.63, 3.8) is 0 Å². The first kappa shape index (κ1) is 19.7. The smallest absolute Gasteiger partial charge is 0.227 e. The second kappa shape index (κ2) is 10.5. The fourth-order valence-corrected chi connectivity index (χ4v) is 2.91. The van der Waals surface area contributed by atoms with Crippen molar-refractivity contribution in [2.24, 2.45) is 11.8 Å². The van der Waals surface area contributed by atoms with Crippen molar-refractivity contribution in [3.8, 4) is 0 Å². The molecule has 0 fully saturated rings. The van der Waals surface area contributed by atoms with E-state index in [1.807, 2.05) is 6.92 Å². The summed E-state index contributed by atoms with van der Waals surface area (Å²) in [5.41, 5.74) is 2.46. The van der Waals surface area contributed by atoms with Crippen LogP contribution < -0.4 is 5.32 Å². The maximum absolute atomic E-state index is 12.4. The van der Waals surface area contributed by atoms with Gasteiger partial charge in [0.05, 0.1) is 5.92 Å². The van der Waals surface area contributed by atoms with Gasteiger partial charge in [-0.3, -0.25) is 4.79 Å². The van der Waals surface area contributed by atoms with Gasteiger partial charge in [0, 0.05) is 6.54 Å². The minimum Gasteiger partial charge on any atom is -0.355 e. The van der Waals surface area contributed by atoms with Gasteiger partial charge in [-0.25, -0.2) is 0 Å². The van der Waals surface area contributed by atoms with E-state index in [1.165, 1.54) is 24.8 Å². The molecule has 1 N–H and O–H groups in total. The highest BCUT2D eigenvalue weighted by molar-refractivity contribution is 5.83. The van der Waals surface area contributed by atoms with Gasteiger partial charge in [0.15, 0.2) is 0 Å². The second-order valence-corrected chi connectivity index (χ2v) is 7.22. The molecule has 0 bridgehead atoms. The standard InChI is InChI=1S/C21H35NO/c1-6-8-9-18(7-2)15-22-21(23)17(5)20-12-10-19(11-13-20)14-16(3)4/h10-13,16-18H,6-9,14-15H2,1-5H3,(H,22,23)/t17-,18-/m1/s1. The first-order valence-corrected chi connectivity index (χ1v) is 9.34. The van der Waals surface area contributed by atoms with Crippen molar-refractivity contribution >= 4 is 5.91 Å². The van der Waals surface area contributed by atoms with E-state index in [9.17, 15) is 4.79 Å². The van der Waals surface area contributed by atoms with Crippen LogP contribution in [-0.2, 0) is 11.2 Å². The van der Waals surface area contributed by atoms with Crippen molar-refractivity contribution in [3.05, 3.63) is 35.4 Å². The van der Waals surface area contributed by atoms with E-state index < -0.39 is 0 Å². The molecule has 0 aromatic heterocycles. The lowest BCUT2D eigenvalue weighted by atomic mass is 9.95. The third-order valence-corrected chi connectivity index (χ3v) is 4.63. The molecule has 0 unspecified atom stereocenters. The summed E-state index contributed by atoms with van der Waals surface area (Å²) in [6.45, 7) is 11.7. The van der Waals surface area contributed by atoms with Crippen molar-refractivity contribution in [1.82, 2.24) is 5.32 Å². The van der Waals surface area contributed by atoms with Crippen molar-refractivity contribution in [1.29, 1.82) is 0 Å². The largest absolute Gasteiger partial charge is 0.355 e. The normalized spacial score (nSPS) is 13.8. The zero-order valence-electron chi connectivity index (χ0n) is 15.7. The van der Waals surface area contributed by atoms with Crippen molar-refractivity contribution in [2.45, 2.75) is 72.6 Å². The number of unbranched alkanes of at least 4 members (excludes halogenated alkanes) is 1. The summed E-state index contributed by atoms with van der Waals surface area (Å²) in [5, 5.41) is 3.15. The molecule has 1 amide bonds. The maximum atomic E-state index is 12.4. The van der Waals surface area contributed by atoms with Gasteiger partial charge in [-0.05, 0) is 42.7 Å². The highest BCUT2D eigenvalue weighted by Gasteiger charge is 2.16. The average molecular weight is 318 g/mol. The van der Waals surface area contributed by atoms with E-state index in [-0.39, 0.29) is 11.8 Å². The van der Waals surface area contributed by atoms with Gasteiger partial charge >= 0.3 is 0 Å². The summed E-state index contributed by atoms with van der Waals surface area (Å²) in [6.07, 6.45) is 5.92. The summed E-state index contributed by atoms with van der Waals surface area (Å²) < 4.78 is 0. The summed E-state index contributed by atoms with van der Waals surface area (Å²) in [7, 11) is 0. The predicted octanol–water partition coefficient (Wildman–Crippen LogP) is 5.32. The Balaban J connectivity index is 2.52. The number of amides is 1. The van der Waals surface area contributed by atoms with E-state index in [2.05, 4.69) is 57.3 Å². The number of rotatable bonds is 10. The first-order valence-electron chi connectivity index (χ1n) is 9.34. The highest BCUT2D eigenvalue weighted by atomic mass is 16.1. The topological polar surface area (TPSA) is 29.1 Å². The lowest BCUT2D eigenvalue weighted by Crippen LogP contribution is -2.32. The fourth-order valence-electron chi connectivity index (χ4n) is 2.91. The Morgan fingerprint density at radius 3 is 2.26 bits per heavy atom. The molecule has 130 valence electrons. The Kier molecular flexibility index (Phi) is 8.98. The van der Waals surface area contributed by atoms with Crippen LogP contribution in [0.4, 0.5) is 0 Å². The molecule has 1 aromatic rings. The van der Waals surface area contributed by atoms with Crippen LogP contribution in [0.2, 0.25) is 0 Å². The molecule has 1 aromatic carbocycles. The molecule has 1 rings (SSSR count). The van der Waals surface area contributed by atoms with Gasteiger partial charge in [-0.1, -0.05) is 71.2 Å². The predicted molar refractivity (Wildman–Crippen MR) is 99.7 cm³/mol. The van der Waals surface area contributed by atoms with Crippen LogP contribution >= 0.6 is 0 Å². The lowest BCUT2D eigenvalue weighted by Gasteiger charge is -2.18. The fraction of sp³-hybridized carbons (Fsp3) is 0.667. The van der Waals surface area contributed by atoms with Crippen LogP contribution in [0, 0.1) is 11.8 Å². The van der Waals surface area contributed by atoms with Crippen molar-refractivity contribution in [2.75, 3.05) is 6.54 Å². The molecule has 2 atom stereocenters. The van der Waals surface area contributed by atoms with Gasteiger partial charge < -0.3 is 5.32 Å². The number of benzene rings is 1. The molecular formula is C21H35NO. The molecule has 0 aliphatic rings. The zero-order valence-corrected chi connectivity index (χ0v) is 15.7. The van der Waals surface area contributed by atoms with E-state index in [4.69, 9.17) is 0 Å². The monoisotopic (exact) mass is 317 g/mol. The summed E-state index contributed by atoms with van der Waals surface area (Å²) in [6, 6.07) is 8.54. The van der Waals surface area contributed by atoms with Gasteiger partial charge in [-0.2, -0.15) is 0 Å². The van der Waals surface area contributed by atoms with Crippen LogP contribution in [0.5, 0.6) is 0 Å². The number of hydrogen-bond donors (Lipinski definition) is 1. The van der Waals surface area contributed by atoms with E-state index in [1.54, 1.807) is 0 Å². The Morgan fingerprint density at radius 1 is 1.09 bits per heavy atom. The Hall–Kier alpha value is -1.31. The SMILES string of the molecule is CCCC[C@@H](CC)CNC(=O)[C@H](C)c1ccc(CC(C)C)cc1. The van der Waals surface area contributed by atoms with Gasteiger partial charge in [-0.15, -0.1) is 0 Å². The molecule has 0 heterocycles. The molecule has 0 saturated carbocycles. The molecule has 0 aliphatic carbocycles. The first-order chi connectivity index (χ1) is 11.0. The number of carbonyl (C=O) groups is 1. The van der Waals surface area contributed by atoms with E-state index in [0.717, 1.165) is 24.9 Å². The van der Waals surface area contributed by atoms with Gasteiger partial charge in [0.2, 0.25) is 5.91 Å². The number of nitrogens with one attached hydrogen (secondary N) is 1. The third-order valence-electron chi connectivity index (χ3n) is 4.63. The zero-order chi connectivity index (χ0) is 17.2. The summed E-state index contributed by atoms with van der Waals surface area (Å²) >= 11 is 0. The van der Waals surface area contributed by atoms with Crippen LogP contribution in [0.15, 0.2) is 24.3 Å². The highest BCUT2D eigenvalue weighted by Crippen LogP contribution is 2.18. The Labute approximate surface area is 143 Å². The minimum absolute atomic E-state index is 0.0771. The Morgan fingerprint density at radius 2 is 1.74 bits per heavy atom. The summed E-state index contributed by atoms with van der Waals surface area (Å²) in [5.74, 6) is 1.35. The summed E-state index contributed by atoms with van der Waals surface area (Å²) in [4.78, 5) is 12.4. The Bertz CT molecular complexity index is 449. The molecule has 0 saturated heterocycles. The number of carbonyl (C=O) groups excluding carboxylic acids is 1. The van der Waals surface area contributed by atoms with Crippen LogP contribution in [0.25, 0.3) is 0 Å². The molecular weight excluding hydrogens is 282 g/mol. The number of hydrogen-bond acceptors (Lipinski definition) is 1. The quantitative estimate of drug-likeness (QED) is 0.621. The molecule has 23 heavy (non-hydrogen) atoms. The molecule has 0 aliphatic heterocycles. The molecule has 0 radical (unpaired) electrons. The van der Waals surface area contributed by atoms with Crippen molar-refractivity contribution < 1.29 is 4.79 Å². The van der Waals surface area contributed by atoms with Crippen LogP contribution in [0.1, 0.15) is 77.3 Å². The van der Waals surface area contributed by atoms with Crippen LogP contribution in [0.3, 0.4) is 0 Å².